The van der Waals surface area contributed by atoms with Gasteiger partial charge in [0.15, 0.2) is 0 Å². The molecule has 0 saturated heterocycles. The standard InChI is InChI=1S/C17H19BrO/c1-17(2,12-14-8-10-16(18)11-9-14)19-13-15-6-4-3-5-7-15/h3-11H,12-13H2,1-2H3. The monoisotopic (exact) mass is 318 g/mol. The third-order valence-corrected chi connectivity index (χ3v) is 3.54. The van der Waals surface area contributed by atoms with Crippen molar-refractivity contribution in [1.29, 1.82) is 0 Å². The van der Waals surface area contributed by atoms with Crippen LogP contribution in [0.5, 0.6) is 0 Å². The molecule has 0 heterocycles. The summed E-state index contributed by atoms with van der Waals surface area (Å²) in [7, 11) is 0. The van der Waals surface area contributed by atoms with E-state index in [4.69, 9.17) is 4.74 Å². The maximum atomic E-state index is 6.04. The zero-order chi connectivity index (χ0) is 13.7. The van der Waals surface area contributed by atoms with E-state index in [1.165, 1.54) is 11.1 Å². The Labute approximate surface area is 123 Å². The summed E-state index contributed by atoms with van der Waals surface area (Å²) in [4.78, 5) is 0. The van der Waals surface area contributed by atoms with Gasteiger partial charge in [-0.2, -0.15) is 0 Å². The predicted octanol–water partition coefficient (Wildman–Crippen LogP) is 4.99. The molecular formula is C17H19BrO. The molecule has 0 fully saturated rings. The first-order chi connectivity index (χ1) is 9.05. The predicted molar refractivity (Wildman–Crippen MR) is 83.2 cm³/mol. The van der Waals surface area contributed by atoms with Gasteiger partial charge >= 0.3 is 0 Å². The van der Waals surface area contributed by atoms with Gasteiger partial charge in [-0.15, -0.1) is 0 Å². The normalized spacial score (nSPS) is 11.5. The van der Waals surface area contributed by atoms with Crippen LogP contribution in [-0.4, -0.2) is 5.60 Å². The number of rotatable bonds is 5. The van der Waals surface area contributed by atoms with Crippen molar-refractivity contribution in [3.05, 3.63) is 70.2 Å². The lowest BCUT2D eigenvalue weighted by Gasteiger charge is -2.25. The van der Waals surface area contributed by atoms with Gasteiger partial charge in [0.05, 0.1) is 12.2 Å². The second-order valence-corrected chi connectivity index (χ2v) is 6.25. The molecule has 0 aliphatic heterocycles. The summed E-state index contributed by atoms with van der Waals surface area (Å²) in [6, 6.07) is 18.7. The van der Waals surface area contributed by atoms with Gasteiger partial charge < -0.3 is 4.74 Å². The molecule has 0 saturated carbocycles. The summed E-state index contributed by atoms with van der Waals surface area (Å²) >= 11 is 3.46. The van der Waals surface area contributed by atoms with E-state index in [0.717, 1.165) is 10.9 Å². The molecule has 0 atom stereocenters. The number of hydrogen-bond donors (Lipinski definition) is 0. The van der Waals surface area contributed by atoms with Crippen LogP contribution in [0.15, 0.2) is 59.1 Å². The van der Waals surface area contributed by atoms with E-state index in [1.54, 1.807) is 0 Å². The van der Waals surface area contributed by atoms with Crippen LogP contribution in [-0.2, 0) is 17.8 Å². The summed E-state index contributed by atoms with van der Waals surface area (Å²) in [6.07, 6.45) is 0.910. The lowest BCUT2D eigenvalue weighted by Crippen LogP contribution is -2.27. The summed E-state index contributed by atoms with van der Waals surface area (Å²) in [5.41, 5.74) is 2.34. The molecular weight excluding hydrogens is 300 g/mol. The molecule has 19 heavy (non-hydrogen) atoms. The molecule has 0 amide bonds. The highest BCUT2D eigenvalue weighted by atomic mass is 79.9. The third kappa shape index (κ3) is 4.81. The van der Waals surface area contributed by atoms with E-state index in [9.17, 15) is 0 Å². The minimum atomic E-state index is -0.163. The lowest BCUT2D eigenvalue weighted by molar-refractivity contribution is -0.0287. The van der Waals surface area contributed by atoms with Gasteiger partial charge in [-0.3, -0.25) is 0 Å². The molecule has 0 bridgehead atoms. The molecule has 2 aromatic carbocycles. The van der Waals surface area contributed by atoms with Gasteiger partial charge in [0, 0.05) is 10.9 Å². The van der Waals surface area contributed by atoms with Crippen molar-refractivity contribution in [3.63, 3.8) is 0 Å². The van der Waals surface area contributed by atoms with Crippen molar-refractivity contribution in [2.75, 3.05) is 0 Å². The molecule has 2 rings (SSSR count). The van der Waals surface area contributed by atoms with Gasteiger partial charge in [-0.05, 0) is 37.1 Å². The number of ether oxygens (including phenoxy) is 1. The van der Waals surface area contributed by atoms with E-state index >= 15 is 0 Å². The fourth-order valence-electron chi connectivity index (χ4n) is 2.00. The van der Waals surface area contributed by atoms with Gasteiger partial charge in [0.1, 0.15) is 0 Å². The Morgan fingerprint density at radius 3 is 2.16 bits per heavy atom. The number of hydrogen-bond acceptors (Lipinski definition) is 1. The van der Waals surface area contributed by atoms with Gasteiger partial charge in [0.25, 0.3) is 0 Å². The van der Waals surface area contributed by atoms with Crippen LogP contribution in [0.4, 0.5) is 0 Å². The second kappa shape index (κ2) is 6.36. The van der Waals surface area contributed by atoms with Gasteiger partial charge in [-0.1, -0.05) is 58.4 Å². The molecule has 2 aromatic rings. The molecule has 0 N–H and O–H groups in total. The zero-order valence-electron chi connectivity index (χ0n) is 11.4. The lowest BCUT2D eigenvalue weighted by atomic mass is 9.98. The summed E-state index contributed by atoms with van der Waals surface area (Å²) in [5, 5.41) is 0. The first kappa shape index (κ1) is 14.3. The highest BCUT2D eigenvalue weighted by molar-refractivity contribution is 9.10. The van der Waals surface area contributed by atoms with E-state index in [0.29, 0.717) is 6.61 Å². The van der Waals surface area contributed by atoms with Crippen molar-refractivity contribution in [2.45, 2.75) is 32.5 Å². The minimum absolute atomic E-state index is 0.163. The van der Waals surface area contributed by atoms with Gasteiger partial charge in [0.2, 0.25) is 0 Å². The van der Waals surface area contributed by atoms with E-state index < -0.39 is 0 Å². The molecule has 0 aromatic heterocycles. The first-order valence-electron chi connectivity index (χ1n) is 6.47. The molecule has 100 valence electrons. The molecule has 0 spiro atoms. The average molecular weight is 319 g/mol. The topological polar surface area (TPSA) is 9.23 Å². The van der Waals surface area contributed by atoms with Crippen molar-refractivity contribution in [3.8, 4) is 0 Å². The van der Waals surface area contributed by atoms with Crippen LogP contribution < -0.4 is 0 Å². The van der Waals surface area contributed by atoms with Crippen LogP contribution in [0.3, 0.4) is 0 Å². The van der Waals surface area contributed by atoms with Crippen molar-refractivity contribution in [1.82, 2.24) is 0 Å². The Morgan fingerprint density at radius 2 is 1.53 bits per heavy atom. The van der Waals surface area contributed by atoms with Crippen LogP contribution in [0, 0.1) is 0 Å². The largest absolute Gasteiger partial charge is 0.371 e. The maximum Gasteiger partial charge on any atom is 0.0724 e. The Morgan fingerprint density at radius 1 is 0.895 bits per heavy atom. The summed E-state index contributed by atoms with van der Waals surface area (Å²) < 4.78 is 7.15. The van der Waals surface area contributed by atoms with Crippen molar-refractivity contribution in [2.24, 2.45) is 0 Å². The Hall–Kier alpha value is -1.12. The zero-order valence-corrected chi connectivity index (χ0v) is 13.0. The highest BCUT2D eigenvalue weighted by Gasteiger charge is 2.19. The van der Waals surface area contributed by atoms with Gasteiger partial charge in [-0.25, -0.2) is 0 Å². The number of benzene rings is 2. The molecule has 1 nitrogen and oxygen atoms in total. The van der Waals surface area contributed by atoms with E-state index in [2.05, 4.69) is 66.2 Å². The van der Waals surface area contributed by atoms with Crippen LogP contribution >= 0.6 is 15.9 Å². The first-order valence-corrected chi connectivity index (χ1v) is 7.27. The fourth-order valence-corrected chi connectivity index (χ4v) is 2.26. The smallest absolute Gasteiger partial charge is 0.0724 e. The minimum Gasteiger partial charge on any atom is -0.371 e. The van der Waals surface area contributed by atoms with Crippen LogP contribution in [0.1, 0.15) is 25.0 Å². The maximum absolute atomic E-state index is 6.04. The molecule has 0 aliphatic rings. The molecule has 0 radical (unpaired) electrons. The van der Waals surface area contributed by atoms with Crippen LogP contribution in [0.25, 0.3) is 0 Å². The molecule has 0 unspecified atom stereocenters. The third-order valence-electron chi connectivity index (χ3n) is 3.02. The Bertz CT molecular complexity index is 503. The second-order valence-electron chi connectivity index (χ2n) is 5.34. The van der Waals surface area contributed by atoms with E-state index in [-0.39, 0.29) is 5.60 Å². The Kier molecular flexibility index (Phi) is 4.78. The SMILES string of the molecule is CC(C)(Cc1ccc(Br)cc1)OCc1ccccc1. The number of halogens is 1. The summed E-state index contributed by atoms with van der Waals surface area (Å²) in [5.74, 6) is 0. The summed E-state index contributed by atoms with van der Waals surface area (Å²) in [6.45, 7) is 4.93. The van der Waals surface area contributed by atoms with Crippen LogP contribution in [0.2, 0.25) is 0 Å². The Balaban J connectivity index is 1.93. The average Bonchev–Trinajstić information content (AvgIpc) is 2.40. The van der Waals surface area contributed by atoms with Crippen molar-refractivity contribution >= 4 is 15.9 Å². The van der Waals surface area contributed by atoms with Crippen molar-refractivity contribution < 1.29 is 4.74 Å². The fraction of sp³-hybridized carbons (Fsp3) is 0.294. The van der Waals surface area contributed by atoms with E-state index in [1.807, 2.05) is 18.2 Å². The highest BCUT2D eigenvalue weighted by Crippen LogP contribution is 2.20. The quantitative estimate of drug-likeness (QED) is 0.754. The molecule has 0 aliphatic carbocycles. The molecule has 2 heteroatoms.